The van der Waals surface area contributed by atoms with Gasteiger partial charge in [0.25, 0.3) is 5.91 Å². The molecule has 0 saturated carbocycles. The molecule has 0 aliphatic carbocycles. The third-order valence-electron chi connectivity index (χ3n) is 1.68. The second-order valence-corrected chi connectivity index (χ2v) is 2.86. The molecule has 4 heteroatoms. The minimum absolute atomic E-state index is 0.255. The summed E-state index contributed by atoms with van der Waals surface area (Å²) in [5, 5.41) is 0.350. The summed E-state index contributed by atoms with van der Waals surface area (Å²) in [6.07, 6.45) is 6.68. The monoisotopic (exact) mass is 180 g/mol. The highest BCUT2D eigenvalue weighted by Crippen LogP contribution is 2.18. The Hall–Kier alpha value is -1.22. The minimum Gasteiger partial charge on any atom is -0.270 e. The van der Waals surface area contributed by atoms with Crippen LogP contribution >= 0.6 is 11.6 Å². The van der Waals surface area contributed by atoms with Gasteiger partial charge in [-0.1, -0.05) is 17.7 Å². The standard InChI is InChI=1S/C8H5ClN2O/c9-6-2-1-5-3-4-10-8(12)7(5)11-6/h1-4,7H. The number of nitrogens with zero attached hydrogens (tertiary/aromatic N) is 2. The van der Waals surface area contributed by atoms with Gasteiger partial charge in [0.05, 0.1) is 0 Å². The van der Waals surface area contributed by atoms with Crippen LogP contribution in [0, 0.1) is 0 Å². The first-order valence-electron chi connectivity index (χ1n) is 3.47. The fourth-order valence-electron chi connectivity index (χ4n) is 1.11. The van der Waals surface area contributed by atoms with Crippen LogP contribution in [0.4, 0.5) is 0 Å². The first-order chi connectivity index (χ1) is 5.77. The van der Waals surface area contributed by atoms with E-state index in [-0.39, 0.29) is 5.91 Å². The third-order valence-corrected chi connectivity index (χ3v) is 1.91. The number of hydrogen-bond acceptors (Lipinski definition) is 2. The molecule has 0 aromatic rings. The summed E-state index contributed by atoms with van der Waals surface area (Å²) in [4.78, 5) is 18.7. The van der Waals surface area contributed by atoms with Gasteiger partial charge < -0.3 is 0 Å². The number of aliphatic imine (C=N–C) groups is 2. The Morgan fingerprint density at radius 2 is 2.25 bits per heavy atom. The smallest absolute Gasteiger partial charge is 0.270 e. The van der Waals surface area contributed by atoms with Crippen molar-refractivity contribution < 1.29 is 4.79 Å². The van der Waals surface area contributed by atoms with Gasteiger partial charge in [-0.2, -0.15) is 0 Å². The van der Waals surface area contributed by atoms with Crippen molar-refractivity contribution in [2.24, 2.45) is 9.98 Å². The van der Waals surface area contributed by atoms with Crippen LogP contribution in [-0.2, 0) is 4.79 Å². The van der Waals surface area contributed by atoms with Gasteiger partial charge in [0.15, 0.2) is 6.04 Å². The zero-order valence-corrected chi connectivity index (χ0v) is 6.82. The van der Waals surface area contributed by atoms with Crippen LogP contribution in [-0.4, -0.2) is 23.3 Å². The maximum absolute atomic E-state index is 11.1. The highest BCUT2D eigenvalue weighted by molar-refractivity contribution is 6.68. The number of amides is 1. The molecule has 0 bridgehead atoms. The molecule has 1 amide bonds. The summed E-state index contributed by atoms with van der Waals surface area (Å²) in [5.41, 5.74) is 0.847. The number of dihydropyridines is 2. The summed E-state index contributed by atoms with van der Waals surface area (Å²) < 4.78 is 0. The Morgan fingerprint density at radius 1 is 1.42 bits per heavy atom. The lowest BCUT2D eigenvalue weighted by molar-refractivity contribution is -0.118. The quantitative estimate of drug-likeness (QED) is 0.551. The number of hydrogen-bond donors (Lipinski definition) is 0. The number of rotatable bonds is 0. The van der Waals surface area contributed by atoms with Gasteiger partial charge >= 0.3 is 0 Å². The van der Waals surface area contributed by atoms with Crippen molar-refractivity contribution in [3.63, 3.8) is 0 Å². The fourth-order valence-corrected chi connectivity index (χ4v) is 1.27. The van der Waals surface area contributed by atoms with E-state index in [0.29, 0.717) is 5.17 Å². The molecule has 3 nitrogen and oxygen atoms in total. The molecular formula is C8H5ClN2O. The Bertz CT molecular complexity index is 352. The van der Waals surface area contributed by atoms with E-state index in [2.05, 4.69) is 9.98 Å². The van der Waals surface area contributed by atoms with E-state index in [1.165, 1.54) is 6.21 Å². The first-order valence-corrected chi connectivity index (χ1v) is 3.84. The van der Waals surface area contributed by atoms with Gasteiger partial charge in [0.2, 0.25) is 0 Å². The van der Waals surface area contributed by atoms with Crippen LogP contribution in [0.1, 0.15) is 0 Å². The SMILES string of the molecule is O=C1N=CC=C2C=CC(Cl)=NC12. The van der Waals surface area contributed by atoms with Crippen LogP contribution in [0.3, 0.4) is 0 Å². The molecule has 1 atom stereocenters. The number of fused-ring (bicyclic) bond motifs is 1. The number of carbonyl (C=O) groups is 1. The second kappa shape index (κ2) is 2.68. The van der Waals surface area contributed by atoms with Crippen LogP contribution in [0.2, 0.25) is 0 Å². The summed E-state index contributed by atoms with van der Waals surface area (Å²) in [5.74, 6) is -0.255. The maximum Gasteiger partial charge on any atom is 0.275 e. The van der Waals surface area contributed by atoms with Crippen molar-refractivity contribution in [1.29, 1.82) is 0 Å². The van der Waals surface area contributed by atoms with E-state index >= 15 is 0 Å². The summed E-state index contributed by atoms with van der Waals surface area (Å²) >= 11 is 5.63. The van der Waals surface area contributed by atoms with Crippen molar-refractivity contribution in [1.82, 2.24) is 0 Å². The molecule has 60 valence electrons. The number of allylic oxidation sites excluding steroid dienone is 2. The molecule has 0 saturated heterocycles. The highest BCUT2D eigenvalue weighted by Gasteiger charge is 2.24. The van der Waals surface area contributed by atoms with Gasteiger partial charge in [-0.15, -0.1) is 0 Å². The van der Waals surface area contributed by atoms with Gasteiger partial charge in [0.1, 0.15) is 5.17 Å². The van der Waals surface area contributed by atoms with E-state index in [0.717, 1.165) is 5.57 Å². The van der Waals surface area contributed by atoms with Crippen molar-refractivity contribution in [2.45, 2.75) is 6.04 Å². The summed E-state index contributed by atoms with van der Waals surface area (Å²) in [7, 11) is 0. The lowest BCUT2D eigenvalue weighted by Gasteiger charge is -2.15. The van der Waals surface area contributed by atoms with Crippen LogP contribution in [0.5, 0.6) is 0 Å². The Labute approximate surface area is 74.2 Å². The zero-order valence-electron chi connectivity index (χ0n) is 6.07. The van der Waals surface area contributed by atoms with E-state index < -0.39 is 6.04 Å². The molecular weight excluding hydrogens is 176 g/mol. The number of carbonyl (C=O) groups excluding carboxylic acids is 1. The van der Waals surface area contributed by atoms with Gasteiger partial charge in [-0.3, -0.25) is 9.79 Å². The highest BCUT2D eigenvalue weighted by atomic mass is 35.5. The summed E-state index contributed by atoms with van der Waals surface area (Å²) in [6.45, 7) is 0. The third kappa shape index (κ3) is 1.12. The lowest BCUT2D eigenvalue weighted by Crippen LogP contribution is -2.24. The van der Waals surface area contributed by atoms with Gasteiger partial charge in [-0.05, 0) is 17.7 Å². The molecule has 0 fully saturated rings. The molecule has 2 rings (SSSR count). The minimum atomic E-state index is -0.507. The molecule has 0 spiro atoms. The van der Waals surface area contributed by atoms with Crippen molar-refractivity contribution in [3.8, 4) is 0 Å². The van der Waals surface area contributed by atoms with E-state index in [9.17, 15) is 4.79 Å². The van der Waals surface area contributed by atoms with E-state index in [4.69, 9.17) is 11.6 Å². The molecule has 2 aliphatic rings. The largest absolute Gasteiger partial charge is 0.275 e. The Morgan fingerprint density at radius 3 is 3.08 bits per heavy atom. The summed E-state index contributed by atoms with van der Waals surface area (Å²) in [6, 6.07) is -0.507. The topological polar surface area (TPSA) is 41.8 Å². The average Bonchev–Trinajstić information content (AvgIpc) is 2.07. The van der Waals surface area contributed by atoms with E-state index in [1.54, 1.807) is 18.2 Å². The van der Waals surface area contributed by atoms with Crippen LogP contribution in [0.15, 0.2) is 33.8 Å². The predicted octanol–water partition coefficient (Wildman–Crippen LogP) is 1.10. The molecule has 1 unspecified atom stereocenters. The van der Waals surface area contributed by atoms with Gasteiger partial charge in [0, 0.05) is 6.21 Å². The van der Waals surface area contributed by atoms with Crippen LogP contribution < -0.4 is 0 Å². The molecule has 2 aliphatic heterocycles. The van der Waals surface area contributed by atoms with Crippen molar-refractivity contribution >= 4 is 28.9 Å². The zero-order chi connectivity index (χ0) is 8.55. The molecule has 2 heterocycles. The normalized spacial score (nSPS) is 26.4. The molecule has 0 aromatic carbocycles. The second-order valence-electron chi connectivity index (χ2n) is 2.47. The van der Waals surface area contributed by atoms with Gasteiger partial charge in [-0.25, -0.2) is 4.99 Å². The number of halogens is 1. The average molecular weight is 181 g/mol. The van der Waals surface area contributed by atoms with E-state index in [1.807, 2.05) is 0 Å². The molecule has 0 aromatic heterocycles. The Kier molecular flexibility index (Phi) is 1.66. The Balaban J connectivity index is 2.43. The maximum atomic E-state index is 11.1. The van der Waals surface area contributed by atoms with Crippen molar-refractivity contribution in [2.75, 3.05) is 0 Å². The van der Waals surface area contributed by atoms with Crippen molar-refractivity contribution in [3.05, 3.63) is 23.8 Å². The van der Waals surface area contributed by atoms with Crippen LogP contribution in [0.25, 0.3) is 0 Å². The molecule has 0 N–H and O–H groups in total. The molecule has 0 radical (unpaired) electrons. The molecule has 12 heavy (non-hydrogen) atoms. The fraction of sp³-hybridized carbons (Fsp3) is 0.125. The first kappa shape index (κ1) is 7.43. The lowest BCUT2D eigenvalue weighted by atomic mass is 10.0. The predicted molar refractivity (Wildman–Crippen MR) is 47.8 cm³/mol.